The molecule has 0 heterocycles. The van der Waals surface area contributed by atoms with Crippen LogP contribution in [0.2, 0.25) is 5.04 Å². The summed E-state index contributed by atoms with van der Waals surface area (Å²) in [6.45, 7) is 4.04. The summed E-state index contributed by atoms with van der Waals surface area (Å²) >= 11 is 0. The number of hydrogen-bond donors (Lipinski definition) is 1. The van der Waals surface area contributed by atoms with E-state index in [4.69, 9.17) is 0 Å². The van der Waals surface area contributed by atoms with E-state index in [-0.39, 0.29) is 10.9 Å². The third kappa shape index (κ3) is 2.70. The fourth-order valence-electron chi connectivity index (χ4n) is 1.52. The zero-order valence-corrected chi connectivity index (χ0v) is 10.4. The lowest BCUT2D eigenvalue weighted by Gasteiger charge is -2.21. The van der Waals surface area contributed by atoms with Crippen LogP contribution in [-0.2, 0) is 4.79 Å². The first-order valence-electron chi connectivity index (χ1n) is 4.82. The number of carbonyl (C=O) groups excluding carboxylic acids is 1. The molecule has 1 amide bonds. The predicted octanol–water partition coefficient (Wildman–Crippen LogP) is 0.425. The van der Waals surface area contributed by atoms with E-state index in [1.54, 1.807) is 7.05 Å². The fourth-order valence-corrected chi connectivity index (χ4v) is 3.39. The van der Waals surface area contributed by atoms with E-state index in [9.17, 15) is 4.79 Å². The lowest BCUT2D eigenvalue weighted by molar-refractivity contribution is -0.122. The van der Waals surface area contributed by atoms with Gasteiger partial charge in [0.15, 0.2) is 0 Å². The van der Waals surface area contributed by atoms with Gasteiger partial charge in [0.05, 0.1) is 9.52 Å². The van der Waals surface area contributed by atoms with Crippen LogP contribution in [0.1, 0.15) is 13.8 Å². The molecule has 0 aliphatic rings. The number of amides is 1. The second-order valence-corrected chi connectivity index (χ2v) is 7.06. The van der Waals surface area contributed by atoms with E-state index in [1.165, 1.54) is 5.19 Å². The minimum Gasteiger partial charge on any atom is -0.359 e. The van der Waals surface area contributed by atoms with Gasteiger partial charge < -0.3 is 5.32 Å². The molecule has 0 saturated carbocycles. The Hall–Kier alpha value is -1.09. The van der Waals surface area contributed by atoms with Crippen LogP contribution in [0.15, 0.2) is 30.3 Å². The van der Waals surface area contributed by atoms with Gasteiger partial charge in [-0.1, -0.05) is 49.4 Å². The van der Waals surface area contributed by atoms with E-state index in [0.717, 1.165) is 0 Å². The Bertz CT molecular complexity index is 308. The number of carbonyl (C=O) groups is 1. The van der Waals surface area contributed by atoms with Gasteiger partial charge in [0.25, 0.3) is 0 Å². The SMILES string of the molecule is CNC(=O)C(C)(C)[SiH2]c1ccccc1. The summed E-state index contributed by atoms with van der Waals surface area (Å²) in [7, 11) is 1.14. The van der Waals surface area contributed by atoms with Crippen molar-refractivity contribution in [2.45, 2.75) is 18.9 Å². The maximum absolute atomic E-state index is 11.6. The van der Waals surface area contributed by atoms with Crippen LogP contribution in [0, 0.1) is 0 Å². The molecule has 0 unspecified atom stereocenters. The van der Waals surface area contributed by atoms with Gasteiger partial charge >= 0.3 is 0 Å². The second kappa shape index (κ2) is 4.42. The lowest BCUT2D eigenvalue weighted by Crippen LogP contribution is -2.38. The maximum Gasteiger partial charge on any atom is 0.222 e. The van der Waals surface area contributed by atoms with Gasteiger partial charge in [0.1, 0.15) is 0 Å². The molecule has 0 radical (unpaired) electrons. The Kier molecular flexibility index (Phi) is 3.47. The van der Waals surface area contributed by atoms with Crippen molar-refractivity contribution in [3.8, 4) is 0 Å². The van der Waals surface area contributed by atoms with Crippen LogP contribution < -0.4 is 10.5 Å². The van der Waals surface area contributed by atoms with Crippen molar-refractivity contribution in [2.75, 3.05) is 7.05 Å². The van der Waals surface area contributed by atoms with Gasteiger partial charge in [-0.3, -0.25) is 4.79 Å². The summed E-state index contributed by atoms with van der Waals surface area (Å²) in [5.41, 5.74) is 0. The summed E-state index contributed by atoms with van der Waals surface area (Å²) in [5, 5.41) is 3.86. The van der Waals surface area contributed by atoms with Crippen molar-refractivity contribution in [3.63, 3.8) is 0 Å². The van der Waals surface area contributed by atoms with Crippen molar-refractivity contribution >= 4 is 20.6 Å². The molecule has 2 nitrogen and oxygen atoms in total. The quantitative estimate of drug-likeness (QED) is 0.715. The molecule has 0 bridgehead atoms. The molecule has 1 N–H and O–H groups in total. The zero-order chi connectivity index (χ0) is 10.6. The largest absolute Gasteiger partial charge is 0.359 e. The van der Waals surface area contributed by atoms with Crippen LogP contribution in [0.5, 0.6) is 0 Å². The molecule has 0 fully saturated rings. The Morgan fingerprint density at radius 2 is 1.86 bits per heavy atom. The van der Waals surface area contributed by atoms with Crippen molar-refractivity contribution in [2.24, 2.45) is 0 Å². The second-order valence-electron chi connectivity index (χ2n) is 4.13. The van der Waals surface area contributed by atoms with Crippen LogP contribution in [-0.4, -0.2) is 22.5 Å². The highest BCUT2D eigenvalue weighted by molar-refractivity contribution is 6.61. The molecule has 14 heavy (non-hydrogen) atoms. The Labute approximate surface area is 87.5 Å². The van der Waals surface area contributed by atoms with Gasteiger partial charge in [0, 0.05) is 12.1 Å². The first kappa shape index (κ1) is 11.0. The predicted molar refractivity (Wildman–Crippen MR) is 62.7 cm³/mol. The van der Waals surface area contributed by atoms with Gasteiger partial charge in [-0.05, 0) is 0 Å². The van der Waals surface area contributed by atoms with Gasteiger partial charge in [-0.25, -0.2) is 0 Å². The zero-order valence-electron chi connectivity index (χ0n) is 9.00. The molecule has 0 atom stereocenters. The molecule has 1 rings (SSSR count). The van der Waals surface area contributed by atoms with Crippen molar-refractivity contribution in [1.82, 2.24) is 5.32 Å². The van der Waals surface area contributed by atoms with Crippen molar-refractivity contribution < 1.29 is 4.79 Å². The van der Waals surface area contributed by atoms with Gasteiger partial charge in [0.2, 0.25) is 5.91 Å². The van der Waals surface area contributed by atoms with Crippen LogP contribution in [0.25, 0.3) is 0 Å². The summed E-state index contributed by atoms with van der Waals surface area (Å²) in [4.78, 5) is 11.6. The number of benzene rings is 1. The third-order valence-corrected chi connectivity index (χ3v) is 4.42. The first-order valence-corrected chi connectivity index (χ1v) is 6.24. The Morgan fingerprint density at radius 3 is 2.36 bits per heavy atom. The minimum atomic E-state index is -0.554. The van der Waals surface area contributed by atoms with Gasteiger partial charge in [-0.2, -0.15) is 0 Å². The van der Waals surface area contributed by atoms with Crippen LogP contribution in [0.3, 0.4) is 0 Å². The maximum atomic E-state index is 11.6. The van der Waals surface area contributed by atoms with E-state index >= 15 is 0 Å². The number of rotatable bonds is 3. The molecule has 1 aromatic carbocycles. The molecule has 0 aromatic heterocycles. The van der Waals surface area contributed by atoms with Crippen molar-refractivity contribution in [1.29, 1.82) is 0 Å². The average molecular weight is 207 g/mol. The molecule has 0 aliphatic heterocycles. The summed E-state index contributed by atoms with van der Waals surface area (Å²) in [6, 6.07) is 10.3. The topological polar surface area (TPSA) is 29.1 Å². The van der Waals surface area contributed by atoms with Crippen LogP contribution >= 0.6 is 0 Å². The molecule has 0 saturated heterocycles. The summed E-state index contributed by atoms with van der Waals surface area (Å²) in [6.07, 6.45) is 0. The number of nitrogens with one attached hydrogen (secondary N) is 1. The fraction of sp³-hybridized carbons (Fsp3) is 0.364. The highest BCUT2D eigenvalue weighted by Crippen LogP contribution is 2.21. The third-order valence-electron chi connectivity index (χ3n) is 2.33. The molecular weight excluding hydrogens is 190 g/mol. The monoisotopic (exact) mass is 207 g/mol. The molecule has 0 spiro atoms. The van der Waals surface area contributed by atoms with E-state index in [0.29, 0.717) is 0 Å². The standard InChI is InChI=1S/C11H17NOSi/c1-11(2,10(13)12-3)14-9-7-5-4-6-8-9/h4-8H,14H2,1-3H3,(H,12,13). The Morgan fingerprint density at radius 1 is 1.29 bits per heavy atom. The molecule has 1 aromatic rings. The lowest BCUT2D eigenvalue weighted by atomic mass is 10.2. The smallest absolute Gasteiger partial charge is 0.222 e. The Balaban J connectivity index is 2.73. The summed E-state index contributed by atoms with van der Waals surface area (Å²) < 4.78 is 0. The van der Waals surface area contributed by atoms with Gasteiger partial charge in [-0.15, -0.1) is 0 Å². The molecule has 3 heteroatoms. The van der Waals surface area contributed by atoms with Crippen molar-refractivity contribution in [3.05, 3.63) is 30.3 Å². The highest BCUT2D eigenvalue weighted by Gasteiger charge is 2.26. The van der Waals surface area contributed by atoms with E-state index in [1.807, 2.05) is 32.0 Å². The average Bonchev–Trinajstić information content (AvgIpc) is 2.17. The molecule has 76 valence electrons. The number of hydrogen-bond acceptors (Lipinski definition) is 1. The summed E-state index contributed by atoms with van der Waals surface area (Å²) in [5.74, 6) is 0.146. The molecular formula is C11H17NOSi. The van der Waals surface area contributed by atoms with E-state index in [2.05, 4.69) is 17.4 Å². The molecule has 0 aliphatic carbocycles. The highest BCUT2D eigenvalue weighted by atomic mass is 28.2. The first-order chi connectivity index (χ1) is 6.56. The van der Waals surface area contributed by atoms with E-state index < -0.39 is 9.52 Å². The minimum absolute atomic E-state index is 0.146. The van der Waals surface area contributed by atoms with Crippen LogP contribution in [0.4, 0.5) is 0 Å². The normalized spacial score (nSPS) is 11.9.